The van der Waals surface area contributed by atoms with Gasteiger partial charge in [0.05, 0.1) is 0 Å². The number of phenols is 1. The first-order valence-corrected chi connectivity index (χ1v) is 7.76. The summed E-state index contributed by atoms with van der Waals surface area (Å²) >= 11 is 0. The summed E-state index contributed by atoms with van der Waals surface area (Å²) < 4.78 is 0. The van der Waals surface area contributed by atoms with E-state index >= 15 is 0 Å². The molecule has 1 aromatic carbocycles. The third-order valence-electron chi connectivity index (χ3n) is 3.53. The van der Waals surface area contributed by atoms with Crippen LogP contribution < -0.4 is 0 Å². The smallest absolute Gasteiger partial charge is 0.115 e. The van der Waals surface area contributed by atoms with Gasteiger partial charge in [0.25, 0.3) is 0 Å². The summed E-state index contributed by atoms with van der Waals surface area (Å²) in [6.45, 7) is 8.20. The molecule has 2 nitrogen and oxygen atoms in total. The third kappa shape index (κ3) is 7.22. The molecule has 108 valence electrons. The van der Waals surface area contributed by atoms with Gasteiger partial charge in [-0.25, -0.2) is 0 Å². The van der Waals surface area contributed by atoms with Gasteiger partial charge in [-0.1, -0.05) is 38.8 Å². The van der Waals surface area contributed by atoms with E-state index in [0.29, 0.717) is 5.75 Å². The molecule has 0 unspecified atom stereocenters. The average molecular weight is 263 g/mol. The van der Waals surface area contributed by atoms with Gasteiger partial charge in [0.1, 0.15) is 5.75 Å². The van der Waals surface area contributed by atoms with E-state index in [-0.39, 0.29) is 0 Å². The molecule has 19 heavy (non-hydrogen) atoms. The number of unbranched alkanes of at least 4 members (excludes halogenated alkanes) is 2. The van der Waals surface area contributed by atoms with Crippen LogP contribution in [0.4, 0.5) is 0 Å². The Morgan fingerprint density at radius 2 is 1.37 bits per heavy atom. The molecule has 0 aromatic heterocycles. The molecular formula is C17H29NO. The van der Waals surface area contributed by atoms with Crippen LogP contribution in [0, 0.1) is 0 Å². The Hall–Kier alpha value is -1.02. The minimum atomic E-state index is 0.358. The van der Waals surface area contributed by atoms with Gasteiger partial charge in [-0.15, -0.1) is 0 Å². The monoisotopic (exact) mass is 263 g/mol. The number of phenolic OH excluding ortho intramolecular Hbond substituents is 1. The highest BCUT2D eigenvalue weighted by Crippen LogP contribution is 2.11. The van der Waals surface area contributed by atoms with E-state index in [1.54, 1.807) is 12.1 Å². The fourth-order valence-electron chi connectivity index (χ4n) is 2.27. The second-order valence-electron chi connectivity index (χ2n) is 5.32. The summed E-state index contributed by atoms with van der Waals surface area (Å²) in [5.74, 6) is 0.358. The lowest BCUT2D eigenvalue weighted by atomic mass is 10.1. The molecular weight excluding hydrogens is 234 g/mol. The standard InChI is InChI=1S/C17H29NO/c1-3-5-13-18(14-6-4-2)15-7-8-16-9-11-17(19)12-10-16/h9-12,19H,3-8,13-15H2,1-2H3. The molecule has 0 atom stereocenters. The highest BCUT2D eigenvalue weighted by atomic mass is 16.3. The summed E-state index contributed by atoms with van der Waals surface area (Å²) in [4.78, 5) is 2.60. The Morgan fingerprint density at radius 3 is 1.89 bits per heavy atom. The first kappa shape index (κ1) is 16.0. The van der Waals surface area contributed by atoms with Crippen molar-refractivity contribution < 1.29 is 5.11 Å². The van der Waals surface area contributed by atoms with Crippen molar-refractivity contribution >= 4 is 0 Å². The van der Waals surface area contributed by atoms with Gasteiger partial charge in [-0.2, -0.15) is 0 Å². The van der Waals surface area contributed by atoms with Crippen LogP contribution >= 0.6 is 0 Å². The molecule has 0 saturated heterocycles. The molecule has 0 aliphatic rings. The van der Waals surface area contributed by atoms with Crippen molar-refractivity contribution in [2.75, 3.05) is 19.6 Å². The molecule has 0 aliphatic carbocycles. The van der Waals surface area contributed by atoms with Gasteiger partial charge >= 0.3 is 0 Å². The van der Waals surface area contributed by atoms with E-state index in [0.717, 1.165) is 6.42 Å². The number of nitrogens with zero attached hydrogens (tertiary/aromatic N) is 1. The van der Waals surface area contributed by atoms with E-state index in [2.05, 4.69) is 18.7 Å². The minimum absolute atomic E-state index is 0.358. The van der Waals surface area contributed by atoms with Crippen LogP contribution in [-0.2, 0) is 6.42 Å². The Bertz CT molecular complexity index is 313. The van der Waals surface area contributed by atoms with E-state index in [9.17, 15) is 5.11 Å². The lowest BCUT2D eigenvalue weighted by molar-refractivity contribution is 0.262. The first-order valence-electron chi connectivity index (χ1n) is 7.76. The van der Waals surface area contributed by atoms with Crippen molar-refractivity contribution in [3.05, 3.63) is 29.8 Å². The molecule has 0 saturated carbocycles. The van der Waals surface area contributed by atoms with Crippen LogP contribution in [0.1, 0.15) is 51.5 Å². The maximum absolute atomic E-state index is 9.26. The number of aromatic hydroxyl groups is 1. The van der Waals surface area contributed by atoms with Crippen molar-refractivity contribution in [1.29, 1.82) is 0 Å². The molecule has 0 aliphatic heterocycles. The van der Waals surface area contributed by atoms with Crippen molar-refractivity contribution in [3.63, 3.8) is 0 Å². The molecule has 0 fully saturated rings. The maximum Gasteiger partial charge on any atom is 0.115 e. The predicted molar refractivity (Wildman–Crippen MR) is 82.7 cm³/mol. The lowest BCUT2D eigenvalue weighted by Gasteiger charge is -2.21. The fraction of sp³-hybridized carbons (Fsp3) is 0.647. The van der Waals surface area contributed by atoms with Crippen molar-refractivity contribution in [3.8, 4) is 5.75 Å². The normalized spacial score (nSPS) is 11.1. The second-order valence-corrected chi connectivity index (χ2v) is 5.32. The molecule has 1 rings (SSSR count). The van der Waals surface area contributed by atoms with Crippen molar-refractivity contribution in [2.24, 2.45) is 0 Å². The summed E-state index contributed by atoms with van der Waals surface area (Å²) in [5, 5.41) is 9.26. The predicted octanol–water partition coefficient (Wildman–Crippen LogP) is 4.23. The summed E-state index contributed by atoms with van der Waals surface area (Å²) in [6.07, 6.45) is 7.49. The molecule has 1 aromatic rings. The average Bonchev–Trinajstić information content (AvgIpc) is 2.43. The van der Waals surface area contributed by atoms with Crippen LogP contribution in [0.15, 0.2) is 24.3 Å². The SMILES string of the molecule is CCCCN(CCCC)CCCc1ccc(O)cc1. The van der Waals surface area contributed by atoms with Crippen LogP contribution in [-0.4, -0.2) is 29.6 Å². The zero-order valence-corrected chi connectivity index (χ0v) is 12.6. The second kappa shape index (κ2) is 9.85. The maximum atomic E-state index is 9.26. The number of aryl methyl sites for hydroxylation is 1. The van der Waals surface area contributed by atoms with E-state index < -0.39 is 0 Å². The number of hydrogen-bond acceptors (Lipinski definition) is 2. The van der Waals surface area contributed by atoms with Gasteiger partial charge in [-0.3, -0.25) is 0 Å². The Morgan fingerprint density at radius 1 is 0.842 bits per heavy atom. The Balaban J connectivity index is 2.27. The highest BCUT2D eigenvalue weighted by molar-refractivity contribution is 5.25. The van der Waals surface area contributed by atoms with Crippen LogP contribution in [0.25, 0.3) is 0 Å². The van der Waals surface area contributed by atoms with Crippen LogP contribution in [0.5, 0.6) is 5.75 Å². The Kier molecular flexibility index (Phi) is 8.31. The highest BCUT2D eigenvalue weighted by Gasteiger charge is 2.03. The Labute approximate surface area is 118 Å². The molecule has 0 spiro atoms. The molecule has 0 bridgehead atoms. The van der Waals surface area contributed by atoms with Crippen LogP contribution in [0.2, 0.25) is 0 Å². The number of hydrogen-bond donors (Lipinski definition) is 1. The van der Waals surface area contributed by atoms with Gasteiger partial charge in [0.15, 0.2) is 0 Å². The zero-order chi connectivity index (χ0) is 13.9. The number of benzene rings is 1. The summed E-state index contributed by atoms with van der Waals surface area (Å²) in [7, 11) is 0. The number of rotatable bonds is 10. The molecule has 2 heteroatoms. The molecule has 0 amide bonds. The quantitative estimate of drug-likeness (QED) is 0.683. The van der Waals surface area contributed by atoms with E-state index in [1.807, 2.05) is 12.1 Å². The van der Waals surface area contributed by atoms with Crippen molar-refractivity contribution in [2.45, 2.75) is 52.4 Å². The first-order chi connectivity index (χ1) is 9.26. The van der Waals surface area contributed by atoms with E-state index in [1.165, 1.54) is 57.3 Å². The topological polar surface area (TPSA) is 23.5 Å². The van der Waals surface area contributed by atoms with Crippen LogP contribution in [0.3, 0.4) is 0 Å². The zero-order valence-electron chi connectivity index (χ0n) is 12.6. The molecule has 0 heterocycles. The minimum Gasteiger partial charge on any atom is -0.508 e. The lowest BCUT2D eigenvalue weighted by Crippen LogP contribution is -2.27. The van der Waals surface area contributed by atoms with Gasteiger partial charge in [0.2, 0.25) is 0 Å². The van der Waals surface area contributed by atoms with Crippen molar-refractivity contribution in [1.82, 2.24) is 4.90 Å². The molecule has 1 N–H and O–H groups in total. The largest absolute Gasteiger partial charge is 0.508 e. The molecule has 0 radical (unpaired) electrons. The summed E-state index contributed by atoms with van der Waals surface area (Å²) in [5.41, 5.74) is 1.32. The third-order valence-corrected chi connectivity index (χ3v) is 3.53. The summed E-state index contributed by atoms with van der Waals surface area (Å²) in [6, 6.07) is 7.61. The van der Waals surface area contributed by atoms with Gasteiger partial charge in [0, 0.05) is 0 Å². The fourth-order valence-corrected chi connectivity index (χ4v) is 2.27. The van der Waals surface area contributed by atoms with Gasteiger partial charge in [-0.05, 0) is 63.0 Å². The van der Waals surface area contributed by atoms with Gasteiger partial charge < -0.3 is 10.0 Å². The van der Waals surface area contributed by atoms with E-state index in [4.69, 9.17) is 0 Å².